The number of unbranched alkanes of at least 4 members (excludes halogenated alkanes) is 31. The lowest BCUT2D eigenvalue weighted by atomic mass is 10.1. The second-order valence-electron chi connectivity index (χ2n) is 20.3. The number of esters is 3. The molecule has 0 spiro atoms. The van der Waals surface area contributed by atoms with Crippen LogP contribution in [0.25, 0.3) is 0 Å². The van der Waals surface area contributed by atoms with Gasteiger partial charge >= 0.3 is 17.9 Å². The molecule has 0 amide bonds. The number of hydrogen-bond acceptors (Lipinski definition) is 6. The summed E-state index contributed by atoms with van der Waals surface area (Å²) < 4.78 is 16.9. The summed E-state index contributed by atoms with van der Waals surface area (Å²) >= 11 is 0. The van der Waals surface area contributed by atoms with Crippen molar-refractivity contribution in [3.05, 3.63) is 85.1 Å². The van der Waals surface area contributed by atoms with E-state index in [0.717, 1.165) is 109 Å². The van der Waals surface area contributed by atoms with Crippen LogP contribution in [0.1, 0.15) is 297 Å². The molecule has 0 aromatic carbocycles. The van der Waals surface area contributed by atoms with Crippen molar-refractivity contribution in [2.75, 3.05) is 13.2 Å². The molecular weight excluding hydrogens is 889 g/mol. The third kappa shape index (κ3) is 57.5. The fourth-order valence-corrected chi connectivity index (χ4v) is 8.54. The largest absolute Gasteiger partial charge is 0.462 e. The van der Waals surface area contributed by atoms with E-state index in [1.165, 1.54) is 148 Å². The molecule has 1 unspecified atom stereocenters. The molecule has 0 radical (unpaired) electrons. The maximum absolute atomic E-state index is 12.9. The van der Waals surface area contributed by atoms with Gasteiger partial charge in [0.1, 0.15) is 13.2 Å². The van der Waals surface area contributed by atoms with Crippen LogP contribution in [0.4, 0.5) is 0 Å². The summed E-state index contributed by atoms with van der Waals surface area (Å²) in [5, 5.41) is 0. The minimum atomic E-state index is -0.797. The highest BCUT2D eigenvalue weighted by atomic mass is 16.6. The lowest BCUT2D eigenvalue weighted by Crippen LogP contribution is -2.30. The van der Waals surface area contributed by atoms with E-state index in [1.54, 1.807) is 0 Å². The molecule has 0 fully saturated rings. The summed E-state index contributed by atoms with van der Waals surface area (Å²) in [4.78, 5) is 38.3. The molecular formula is C66H114O6. The molecule has 0 rings (SSSR count). The predicted octanol–water partition coefficient (Wildman–Crippen LogP) is 20.7. The Labute approximate surface area is 445 Å². The highest BCUT2D eigenvalue weighted by molar-refractivity contribution is 5.71. The Hall–Kier alpha value is -3.41. The van der Waals surface area contributed by atoms with Gasteiger partial charge in [0, 0.05) is 19.3 Å². The van der Waals surface area contributed by atoms with Crippen LogP contribution >= 0.6 is 0 Å². The summed E-state index contributed by atoms with van der Waals surface area (Å²) in [7, 11) is 0. The van der Waals surface area contributed by atoms with Gasteiger partial charge in [-0.3, -0.25) is 14.4 Å². The Kier molecular flexibility index (Phi) is 57.3. The minimum absolute atomic E-state index is 0.0939. The van der Waals surface area contributed by atoms with Gasteiger partial charge in [0.2, 0.25) is 0 Å². The maximum atomic E-state index is 12.9. The van der Waals surface area contributed by atoms with Crippen LogP contribution < -0.4 is 0 Å². The van der Waals surface area contributed by atoms with E-state index in [-0.39, 0.29) is 31.1 Å². The molecule has 0 aromatic heterocycles. The topological polar surface area (TPSA) is 78.9 Å². The molecule has 0 bridgehead atoms. The number of carbonyl (C=O) groups is 3. The van der Waals surface area contributed by atoms with E-state index >= 15 is 0 Å². The van der Waals surface area contributed by atoms with E-state index in [1.807, 2.05) is 0 Å². The highest BCUT2D eigenvalue weighted by Crippen LogP contribution is 2.15. The fraction of sp³-hybridized carbons (Fsp3) is 0.742. The number of rotatable bonds is 55. The van der Waals surface area contributed by atoms with E-state index in [2.05, 4.69) is 106 Å². The van der Waals surface area contributed by atoms with Gasteiger partial charge in [0.25, 0.3) is 0 Å². The second-order valence-corrected chi connectivity index (χ2v) is 20.3. The maximum Gasteiger partial charge on any atom is 0.306 e. The average Bonchev–Trinajstić information content (AvgIpc) is 3.38. The first-order valence-corrected chi connectivity index (χ1v) is 30.6. The Morgan fingerprint density at radius 3 is 0.958 bits per heavy atom. The summed E-state index contributed by atoms with van der Waals surface area (Å²) in [6.07, 6.45) is 78.6. The number of allylic oxidation sites excluding steroid dienone is 14. The number of hydrogen-bond donors (Lipinski definition) is 0. The van der Waals surface area contributed by atoms with Gasteiger partial charge in [0.05, 0.1) is 0 Å². The standard InChI is InChI=1S/C66H114O6/c1-4-7-10-13-16-19-22-25-28-31-33-35-38-41-44-47-50-53-56-59-65(68)71-62-63(61-70-64(67)58-55-52-49-46-43-40-37-30-27-24-21-18-15-12-9-6-3)72-66(69)60-57-54-51-48-45-42-39-36-34-32-29-26-23-20-17-14-11-8-5-2/h7,10,16,19,25,28,30,32-35,37,40,43,63H,4-6,8-9,11-15,17-18,20-24,26-27,29,31,36,38-39,41-42,44-62H2,1-3H3/b10-7-,19-16-,28-25-,34-32-,35-33-,37-30-,43-40-. The lowest BCUT2D eigenvalue weighted by molar-refractivity contribution is -0.167. The van der Waals surface area contributed by atoms with Crippen molar-refractivity contribution in [2.45, 2.75) is 303 Å². The van der Waals surface area contributed by atoms with Gasteiger partial charge < -0.3 is 14.2 Å². The van der Waals surface area contributed by atoms with Gasteiger partial charge in [-0.05, 0) is 109 Å². The Balaban J connectivity index is 4.44. The fourth-order valence-electron chi connectivity index (χ4n) is 8.54. The summed E-state index contributed by atoms with van der Waals surface area (Å²) in [5.41, 5.74) is 0. The Bertz CT molecular complexity index is 1380. The first-order chi connectivity index (χ1) is 35.5. The molecule has 0 aliphatic heterocycles. The van der Waals surface area contributed by atoms with Crippen molar-refractivity contribution >= 4 is 17.9 Å². The zero-order valence-electron chi connectivity index (χ0n) is 47.4. The normalized spacial score (nSPS) is 12.7. The van der Waals surface area contributed by atoms with Crippen molar-refractivity contribution < 1.29 is 28.6 Å². The Morgan fingerprint density at radius 2 is 0.583 bits per heavy atom. The molecule has 72 heavy (non-hydrogen) atoms. The van der Waals surface area contributed by atoms with Gasteiger partial charge in [-0.15, -0.1) is 0 Å². The molecule has 0 heterocycles. The summed E-state index contributed by atoms with van der Waals surface area (Å²) in [6.45, 7) is 6.51. The average molecular weight is 1000 g/mol. The summed E-state index contributed by atoms with van der Waals surface area (Å²) in [6, 6.07) is 0. The third-order valence-corrected chi connectivity index (χ3v) is 13.1. The van der Waals surface area contributed by atoms with Crippen molar-refractivity contribution in [1.82, 2.24) is 0 Å². The molecule has 0 aliphatic carbocycles. The Morgan fingerprint density at radius 1 is 0.306 bits per heavy atom. The van der Waals surface area contributed by atoms with E-state index in [4.69, 9.17) is 14.2 Å². The van der Waals surface area contributed by atoms with Crippen molar-refractivity contribution in [3.63, 3.8) is 0 Å². The van der Waals surface area contributed by atoms with Crippen LogP contribution in [-0.2, 0) is 28.6 Å². The van der Waals surface area contributed by atoms with Crippen LogP contribution in [0.15, 0.2) is 85.1 Å². The van der Waals surface area contributed by atoms with Crippen LogP contribution in [0.2, 0.25) is 0 Å². The monoisotopic (exact) mass is 1000 g/mol. The zero-order chi connectivity index (χ0) is 52.2. The first kappa shape index (κ1) is 68.6. The van der Waals surface area contributed by atoms with Crippen molar-refractivity contribution in [2.24, 2.45) is 0 Å². The second kappa shape index (κ2) is 60.1. The van der Waals surface area contributed by atoms with Crippen LogP contribution in [0.5, 0.6) is 0 Å². The predicted molar refractivity (Wildman–Crippen MR) is 311 cm³/mol. The summed E-state index contributed by atoms with van der Waals surface area (Å²) in [5.74, 6) is -0.928. The molecule has 0 saturated carbocycles. The third-order valence-electron chi connectivity index (χ3n) is 13.1. The number of ether oxygens (including phenoxy) is 3. The molecule has 414 valence electrons. The van der Waals surface area contributed by atoms with Crippen molar-refractivity contribution in [3.8, 4) is 0 Å². The molecule has 0 aromatic rings. The van der Waals surface area contributed by atoms with Gasteiger partial charge in [-0.2, -0.15) is 0 Å². The zero-order valence-corrected chi connectivity index (χ0v) is 47.4. The molecule has 6 heteroatoms. The smallest absolute Gasteiger partial charge is 0.306 e. The SMILES string of the molecule is CC/C=C\C/C=C\C/C=C\C/C=C\CCCCCCCCC(=O)OCC(COC(=O)CCCCC/C=C\C=C/CCCCCCCCC)OC(=O)CCCCCCCCC/C=C\CCCCCCCCCC. The van der Waals surface area contributed by atoms with E-state index < -0.39 is 6.10 Å². The molecule has 0 N–H and O–H groups in total. The highest BCUT2D eigenvalue weighted by Gasteiger charge is 2.19. The molecule has 0 aliphatic rings. The van der Waals surface area contributed by atoms with Crippen LogP contribution in [0.3, 0.4) is 0 Å². The first-order valence-electron chi connectivity index (χ1n) is 30.6. The van der Waals surface area contributed by atoms with Crippen LogP contribution in [-0.4, -0.2) is 37.2 Å². The van der Waals surface area contributed by atoms with Gasteiger partial charge in [0.15, 0.2) is 6.10 Å². The van der Waals surface area contributed by atoms with E-state index in [0.29, 0.717) is 19.3 Å². The minimum Gasteiger partial charge on any atom is -0.462 e. The molecule has 0 saturated heterocycles. The number of carbonyl (C=O) groups excluding carboxylic acids is 3. The van der Waals surface area contributed by atoms with Crippen LogP contribution in [0, 0.1) is 0 Å². The molecule has 6 nitrogen and oxygen atoms in total. The van der Waals surface area contributed by atoms with E-state index in [9.17, 15) is 14.4 Å². The molecule has 1 atom stereocenters. The van der Waals surface area contributed by atoms with Crippen molar-refractivity contribution in [1.29, 1.82) is 0 Å². The van der Waals surface area contributed by atoms with Gasteiger partial charge in [-0.25, -0.2) is 0 Å². The quantitative estimate of drug-likeness (QED) is 0.0199. The van der Waals surface area contributed by atoms with Gasteiger partial charge in [-0.1, -0.05) is 254 Å². The lowest BCUT2D eigenvalue weighted by Gasteiger charge is -2.18.